The molecule has 0 saturated carbocycles. The number of halogens is 2. The maximum Gasteiger partial charge on any atom is 0.283 e. The molecule has 152 valence electrons. The molecule has 0 aliphatic rings. The number of hydrogen-bond acceptors (Lipinski definition) is 1. The molecular formula is C23H30F2NOP. The van der Waals surface area contributed by atoms with E-state index in [2.05, 4.69) is 12.2 Å². The van der Waals surface area contributed by atoms with Crippen molar-refractivity contribution in [3.05, 3.63) is 71.3 Å². The average molecular weight is 405 g/mol. The quantitative estimate of drug-likeness (QED) is 0.372. The summed E-state index contributed by atoms with van der Waals surface area (Å²) in [4.78, 5) is 13.3. The van der Waals surface area contributed by atoms with E-state index in [4.69, 9.17) is 0 Å². The fourth-order valence-electron chi connectivity index (χ4n) is 3.60. The smallest absolute Gasteiger partial charge is 0.283 e. The molecule has 0 aliphatic heterocycles. The van der Waals surface area contributed by atoms with Crippen LogP contribution in [0.15, 0.2) is 54.6 Å². The van der Waals surface area contributed by atoms with Crippen LogP contribution in [0.5, 0.6) is 0 Å². The lowest BCUT2D eigenvalue weighted by atomic mass is 9.73. The Morgan fingerprint density at radius 1 is 1.00 bits per heavy atom. The van der Waals surface area contributed by atoms with Crippen molar-refractivity contribution >= 4 is 15.1 Å². The van der Waals surface area contributed by atoms with Gasteiger partial charge in [-0.25, -0.2) is 0 Å². The Labute approximate surface area is 169 Å². The summed E-state index contributed by atoms with van der Waals surface area (Å²) < 4.78 is 27.1. The number of carbonyl (C=O) groups excluding carboxylic acids is 1. The molecule has 1 N–H and O–H groups in total. The second-order valence-electron chi connectivity index (χ2n) is 7.26. The lowest BCUT2D eigenvalue weighted by Gasteiger charge is -2.32. The number of carbonyl (C=O) groups is 1. The predicted octanol–water partition coefficient (Wildman–Crippen LogP) is 6.16. The first-order valence-corrected chi connectivity index (χ1v) is 10.5. The van der Waals surface area contributed by atoms with Gasteiger partial charge in [0.15, 0.2) is 0 Å². The standard InChI is InChI=1S/C23H30F2NOP/c1-3-5-9-15-22(4-2,19-12-7-6-8-13-19)21(27)26-17-18-11-10-14-20(16-18)23(24,25)28/h6-8,10-14,16H,3-5,9,15,17,28H2,1-2H3,(H,26,27). The molecule has 1 amide bonds. The molecule has 2 aromatic carbocycles. The average Bonchev–Trinajstić information content (AvgIpc) is 2.70. The van der Waals surface area contributed by atoms with E-state index >= 15 is 0 Å². The van der Waals surface area contributed by atoms with Gasteiger partial charge in [0.05, 0.1) is 5.41 Å². The third-order valence-corrected chi connectivity index (χ3v) is 5.67. The van der Waals surface area contributed by atoms with E-state index in [1.54, 1.807) is 21.4 Å². The highest BCUT2D eigenvalue weighted by atomic mass is 31.0. The van der Waals surface area contributed by atoms with Crippen LogP contribution in [0.25, 0.3) is 0 Å². The molecule has 2 aromatic rings. The van der Waals surface area contributed by atoms with Gasteiger partial charge in [0.1, 0.15) is 0 Å². The van der Waals surface area contributed by atoms with E-state index in [9.17, 15) is 13.6 Å². The maximum atomic E-state index is 13.5. The summed E-state index contributed by atoms with van der Waals surface area (Å²) in [6.45, 7) is 4.41. The van der Waals surface area contributed by atoms with Gasteiger partial charge in [0, 0.05) is 12.1 Å². The van der Waals surface area contributed by atoms with Gasteiger partial charge in [0.25, 0.3) is 5.66 Å². The van der Waals surface area contributed by atoms with E-state index < -0.39 is 11.1 Å². The summed E-state index contributed by atoms with van der Waals surface area (Å²) >= 11 is 0. The van der Waals surface area contributed by atoms with E-state index in [1.807, 2.05) is 37.3 Å². The van der Waals surface area contributed by atoms with Crippen LogP contribution in [0.4, 0.5) is 8.78 Å². The Morgan fingerprint density at radius 2 is 1.68 bits per heavy atom. The van der Waals surface area contributed by atoms with Crippen molar-refractivity contribution in [3.8, 4) is 0 Å². The minimum atomic E-state index is -2.97. The molecule has 2 nitrogen and oxygen atoms in total. The molecule has 2 unspecified atom stereocenters. The van der Waals surface area contributed by atoms with Crippen LogP contribution in [0.2, 0.25) is 0 Å². The number of unbranched alkanes of at least 4 members (excludes halogenated alkanes) is 2. The Balaban J connectivity index is 2.21. The summed E-state index contributed by atoms with van der Waals surface area (Å²) in [6, 6.07) is 16.1. The van der Waals surface area contributed by atoms with E-state index in [0.717, 1.165) is 31.2 Å². The molecule has 0 radical (unpaired) electrons. The van der Waals surface area contributed by atoms with Crippen molar-refractivity contribution < 1.29 is 13.6 Å². The number of alkyl halides is 2. The van der Waals surface area contributed by atoms with Crippen LogP contribution in [0.3, 0.4) is 0 Å². The number of hydrogen-bond donors (Lipinski definition) is 1. The lowest BCUT2D eigenvalue weighted by Crippen LogP contribution is -2.44. The van der Waals surface area contributed by atoms with Crippen molar-refractivity contribution in [1.29, 1.82) is 0 Å². The second-order valence-corrected chi connectivity index (χ2v) is 7.99. The molecular weight excluding hydrogens is 375 g/mol. The zero-order valence-electron chi connectivity index (χ0n) is 16.7. The summed E-state index contributed by atoms with van der Waals surface area (Å²) in [5.74, 6) is -0.0414. The van der Waals surface area contributed by atoms with Crippen molar-refractivity contribution in [2.45, 2.75) is 63.6 Å². The zero-order valence-corrected chi connectivity index (χ0v) is 17.8. The van der Waals surface area contributed by atoms with Gasteiger partial charge >= 0.3 is 0 Å². The third-order valence-electron chi connectivity index (χ3n) is 5.34. The first-order valence-electron chi connectivity index (χ1n) is 9.93. The normalized spacial score (nSPS) is 13.8. The molecule has 0 heterocycles. The fourth-order valence-corrected chi connectivity index (χ4v) is 3.78. The molecule has 2 atom stereocenters. The van der Waals surface area contributed by atoms with Crippen LogP contribution in [-0.2, 0) is 22.4 Å². The predicted molar refractivity (Wildman–Crippen MR) is 114 cm³/mol. The molecule has 28 heavy (non-hydrogen) atoms. The van der Waals surface area contributed by atoms with Crippen LogP contribution >= 0.6 is 9.24 Å². The summed E-state index contributed by atoms with van der Waals surface area (Å²) in [7, 11) is 1.55. The SMILES string of the molecule is CCCCCC(CC)(C(=O)NCc1cccc(C(F)(F)P)c1)c1ccccc1. The second kappa shape index (κ2) is 10.1. The molecule has 0 fully saturated rings. The van der Waals surface area contributed by atoms with Gasteiger partial charge in [-0.05, 0) is 30.0 Å². The summed E-state index contributed by atoms with van der Waals surface area (Å²) in [5, 5.41) is 3.00. The van der Waals surface area contributed by atoms with E-state index in [1.165, 1.54) is 12.1 Å². The van der Waals surface area contributed by atoms with Crippen LogP contribution in [0.1, 0.15) is 62.6 Å². The van der Waals surface area contributed by atoms with Crippen molar-refractivity contribution in [3.63, 3.8) is 0 Å². The number of nitrogens with one attached hydrogen (secondary N) is 1. The lowest BCUT2D eigenvalue weighted by molar-refractivity contribution is -0.127. The fraction of sp³-hybridized carbons (Fsp3) is 0.435. The monoisotopic (exact) mass is 405 g/mol. The van der Waals surface area contributed by atoms with Crippen molar-refractivity contribution in [2.24, 2.45) is 0 Å². The highest BCUT2D eigenvalue weighted by Crippen LogP contribution is 2.36. The number of amides is 1. The van der Waals surface area contributed by atoms with Gasteiger partial charge in [-0.3, -0.25) is 4.79 Å². The number of benzene rings is 2. The highest BCUT2D eigenvalue weighted by molar-refractivity contribution is 7.17. The Bertz CT molecular complexity index is 761. The minimum Gasteiger partial charge on any atom is -0.351 e. The van der Waals surface area contributed by atoms with Crippen molar-refractivity contribution in [2.75, 3.05) is 0 Å². The molecule has 0 aliphatic carbocycles. The first kappa shape index (κ1) is 22.5. The van der Waals surface area contributed by atoms with Gasteiger partial charge in [-0.15, -0.1) is 0 Å². The van der Waals surface area contributed by atoms with Crippen LogP contribution in [0, 0.1) is 0 Å². The summed E-state index contributed by atoms with van der Waals surface area (Å²) in [5.41, 5.74) is -1.97. The van der Waals surface area contributed by atoms with Crippen molar-refractivity contribution in [1.82, 2.24) is 5.32 Å². The maximum absolute atomic E-state index is 13.5. The Hall–Kier alpha value is -1.80. The Morgan fingerprint density at radius 3 is 2.29 bits per heavy atom. The molecule has 0 spiro atoms. The van der Waals surface area contributed by atoms with Gasteiger partial charge in [0.2, 0.25) is 5.91 Å². The molecule has 0 bridgehead atoms. The summed E-state index contributed by atoms with van der Waals surface area (Å²) in [6.07, 6.45) is 4.61. The minimum absolute atomic E-state index is 0.0414. The molecule has 0 aromatic heterocycles. The zero-order chi connectivity index (χ0) is 20.6. The van der Waals surface area contributed by atoms with Gasteiger partial charge < -0.3 is 5.32 Å². The first-order chi connectivity index (χ1) is 13.3. The van der Waals surface area contributed by atoms with Gasteiger partial charge in [-0.1, -0.05) is 90.9 Å². The Kier molecular flexibility index (Phi) is 8.12. The van der Waals surface area contributed by atoms with Gasteiger partial charge in [-0.2, -0.15) is 8.78 Å². The van der Waals surface area contributed by atoms with E-state index in [-0.39, 0.29) is 18.0 Å². The molecule has 0 saturated heterocycles. The van der Waals surface area contributed by atoms with E-state index in [0.29, 0.717) is 12.0 Å². The number of rotatable bonds is 10. The topological polar surface area (TPSA) is 29.1 Å². The van der Waals surface area contributed by atoms with Crippen LogP contribution < -0.4 is 5.32 Å². The van der Waals surface area contributed by atoms with Crippen LogP contribution in [-0.4, -0.2) is 5.91 Å². The third kappa shape index (κ3) is 5.61. The molecule has 2 rings (SSSR count). The largest absolute Gasteiger partial charge is 0.351 e. The molecule has 5 heteroatoms. The highest BCUT2D eigenvalue weighted by Gasteiger charge is 2.37.